The standard InChI is InChI=1S/C14H25N3/c1-4-12-7-5-6-8-13(12)16-14-15-9-10-17(14)11(2)3/h9-13H,4-8H2,1-3H3,(H,15,16). The lowest BCUT2D eigenvalue weighted by Gasteiger charge is -2.32. The van der Waals surface area contributed by atoms with Crippen LogP contribution in [-0.4, -0.2) is 15.6 Å². The zero-order valence-electron chi connectivity index (χ0n) is 11.3. The Labute approximate surface area is 105 Å². The van der Waals surface area contributed by atoms with Gasteiger partial charge in [-0.15, -0.1) is 0 Å². The molecule has 0 aromatic carbocycles. The van der Waals surface area contributed by atoms with Gasteiger partial charge in [-0.3, -0.25) is 0 Å². The highest BCUT2D eigenvalue weighted by molar-refractivity contribution is 5.28. The molecule has 96 valence electrons. The second-order valence-corrected chi connectivity index (χ2v) is 5.46. The predicted molar refractivity (Wildman–Crippen MR) is 72.3 cm³/mol. The summed E-state index contributed by atoms with van der Waals surface area (Å²) in [4.78, 5) is 4.45. The molecule has 0 aliphatic heterocycles. The van der Waals surface area contributed by atoms with E-state index in [9.17, 15) is 0 Å². The van der Waals surface area contributed by atoms with Gasteiger partial charge in [0.15, 0.2) is 0 Å². The second-order valence-electron chi connectivity index (χ2n) is 5.46. The van der Waals surface area contributed by atoms with E-state index in [0.717, 1.165) is 11.9 Å². The second kappa shape index (κ2) is 5.56. The molecule has 1 aliphatic carbocycles. The summed E-state index contributed by atoms with van der Waals surface area (Å²) >= 11 is 0. The van der Waals surface area contributed by atoms with Crippen LogP contribution in [0.2, 0.25) is 0 Å². The van der Waals surface area contributed by atoms with Crippen LogP contribution in [0.3, 0.4) is 0 Å². The Balaban J connectivity index is 2.05. The molecule has 0 saturated heterocycles. The number of rotatable bonds is 4. The number of anilines is 1. The van der Waals surface area contributed by atoms with Crippen LogP contribution in [0.15, 0.2) is 12.4 Å². The SMILES string of the molecule is CCC1CCCCC1Nc1nccn1C(C)C. The van der Waals surface area contributed by atoms with Crippen molar-refractivity contribution in [3.63, 3.8) is 0 Å². The number of hydrogen-bond donors (Lipinski definition) is 1. The van der Waals surface area contributed by atoms with Crippen molar-refractivity contribution in [2.24, 2.45) is 5.92 Å². The van der Waals surface area contributed by atoms with Gasteiger partial charge < -0.3 is 9.88 Å². The minimum absolute atomic E-state index is 0.476. The first-order valence-corrected chi connectivity index (χ1v) is 7.01. The first kappa shape index (κ1) is 12.5. The molecular weight excluding hydrogens is 210 g/mol. The zero-order chi connectivity index (χ0) is 12.3. The Hall–Kier alpha value is -0.990. The Morgan fingerprint density at radius 3 is 2.88 bits per heavy atom. The van der Waals surface area contributed by atoms with E-state index in [-0.39, 0.29) is 0 Å². The molecule has 2 rings (SSSR count). The summed E-state index contributed by atoms with van der Waals surface area (Å²) in [7, 11) is 0. The van der Waals surface area contributed by atoms with Crippen molar-refractivity contribution in [3.05, 3.63) is 12.4 Å². The van der Waals surface area contributed by atoms with Gasteiger partial charge in [-0.05, 0) is 32.6 Å². The Kier molecular flexibility index (Phi) is 4.08. The predicted octanol–water partition coefficient (Wildman–Crippen LogP) is 3.84. The molecule has 0 bridgehead atoms. The highest BCUT2D eigenvalue weighted by Gasteiger charge is 2.24. The van der Waals surface area contributed by atoms with Crippen molar-refractivity contribution in [2.45, 2.75) is 65.0 Å². The lowest BCUT2D eigenvalue weighted by molar-refractivity contribution is 0.315. The van der Waals surface area contributed by atoms with Crippen LogP contribution >= 0.6 is 0 Å². The summed E-state index contributed by atoms with van der Waals surface area (Å²) < 4.78 is 2.22. The summed E-state index contributed by atoms with van der Waals surface area (Å²) in [5.41, 5.74) is 0. The van der Waals surface area contributed by atoms with Crippen molar-refractivity contribution in [2.75, 3.05) is 5.32 Å². The Morgan fingerprint density at radius 1 is 1.41 bits per heavy atom. The van der Waals surface area contributed by atoms with E-state index in [4.69, 9.17) is 0 Å². The molecule has 1 aliphatic rings. The van der Waals surface area contributed by atoms with E-state index < -0.39 is 0 Å². The molecule has 2 atom stereocenters. The van der Waals surface area contributed by atoms with Crippen molar-refractivity contribution in [3.8, 4) is 0 Å². The number of imidazole rings is 1. The fraction of sp³-hybridized carbons (Fsp3) is 0.786. The molecule has 1 heterocycles. The van der Waals surface area contributed by atoms with E-state index in [1.54, 1.807) is 0 Å². The van der Waals surface area contributed by atoms with Gasteiger partial charge in [0.1, 0.15) is 0 Å². The van der Waals surface area contributed by atoms with Crippen LogP contribution < -0.4 is 5.32 Å². The smallest absolute Gasteiger partial charge is 0.203 e. The summed E-state index contributed by atoms with van der Waals surface area (Å²) in [5, 5.41) is 3.66. The first-order valence-electron chi connectivity index (χ1n) is 7.01. The molecule has 1 aromatic heterocycles. The van der Waals surface area contributed by atoms with Crippen molar-refractivity contribution < 1.29 is 0 Å². The van der Waals surface area contributed by atoms with Gasteiger partial charge in [0.25, 0.3) is 0 Å². The molecular formula is C14H25N3. The molecule has 0 amide bonds. The Bertz CT molecular complexity index is 343. The van der Waals surface area contributed by atoms with Crippen LogP contribution in [0.25, 0.3) is 0 Å². The average molecular weight is 235 g/mol. The van der Waals surface area contributed by atoms with Crippen LogP contribution in [0.5, 0.6) is 0 Å². The number of nitrogens with zero attached hydrogens (tertiary/aromatic N) is 2. The average Bonchev–Trinajstić information content (AvgIpc) is 2.78. The monoisotopic (exact) mass is 235 g/mol. The lowest BCUT2D eigenvalue weighted by atomic mass is 9.83. The highest BCUT2D eigenvalue weighted by Crippen LogP contribution is 2.29. The fourth-order valence-corrected chi connectivity index (χ4v) is 2.89. The van der Waals surface area contributed by atoms with E-state index >= 15 is 0 Å². The van der Waals surface area contributed by atoms with Gasteiger partial charge in [-0.2, -0.15) is 0 Å². The van der Waals surface area contributed by atoms with Crippen molar-refractivity contribution >= 4 is 5.95 Å². The molecule has 2 unspecified atom stereocenters. The largest absolute Gasteiger partial charge is 0.353 e. The van der Waals surface area contributed by atoms with Crippen LogP contribution in [0.4, 0.5) is 5.95 Å². The third kappa shape index (κ3) is 2.82. The molecule has 3 heteroatoms. The normalized spacial score (nSPS) is 25.2. The number of aromatic nitrogens is 2. The van der Waals surface area contributed by atoms with Crippen LogP contribution in [-0.2, 0) is 0 Å². The molecule has 17 heavy (non-hydrogen) atoms. The maximum Gasteiger partial charge on any atom is 0.203 e. The van der Waals surface area contributed by atoms with Crippen LogP contribution in [0.1, 0.15) is 58.9 Å². The van der Waals surface area contributed by atoms with Gasteiger partial charge in [0, 0.05) is 24.5 Å². The van der Waals surface area contributed by atoms with Gasteiger partial charge >= 0.3 is 0 Å². The van der Waals surface area contributed by atoms with Gasteiger partial charge in [0.2, 0.25) is 5.95 Å². The van der Waals surface area contributed by atoms with E-state index in [1.807, 2.05) is 6.20 Å². The third-order valence-corrected chi connectivity index (χ3v) is 3.97. The topological polar surface area (TPSA) is 29.9 Å². The maximum absolute atomic E-state index is 4.45. The van der Waals surface area contributed by atoms with E-state index in [1.165, 1.54) is 32.1 Å². The van der Waals surface area contributed by atoms with Crippen LogP contribution in [0, 0.1) is 5.92 Å². The maximum atomic E-state index is 4.45. The molecule has 1 fully saturated rings. The summed E-state index contributed by atoms with van der Waals surface area (Å²) in [6, 6.07) is 1.09. The minimum Gasteiger partial charge on any atom is -0.353 e. The van der Waals surface area contributed by atoms with Gasteiger partial charge in [-0.25, -0.2) is 4.98 Å². The molecule has 1 saturated carbocycles. The van der Waals surface area contributed by atoms with E-state index in [0.29, 0.717) is 12.1 Å². The molecule has 1 aromatic rings. The molecule has 3 nitrogen and oxygen atoms in total. The first-order chi connectivity index (χ1) is 8.22. The zero-order valence-corrected chi connectivity index (χ0v) is 11.3. The third-order valence-electron chi connectivity index (χ3n) is 3.97. The van der Waals surface area contributed by atoms with Gasteiger partial charge in [-0.1, -0.05) is 26.2 Å². The van der Waals surface area contributed by atoms with Crippen molar-refractivity contribution in [1.82, 2.24) is 9.55 Å². The highest BCUT2D eigenvalue weighted by atomic mass is 15.2. The van der Waals surface area contributed by atoms with E-state index in [2.05, 4.69) is 41.8 Å². The number of hydrogen-bond acceptors (Lipinski definition) is 2. The summed E-state index contributed by atoms with van der Waals surface area (Å²) in [5.74, 6) is 1.87. The number of nitrogens with one attached hydrogen (secondary N) is 1. The Morgan fingerprint density at radius 2 is 2.18 bits per heavy atom. The molecule has 0 radical (unpaired) electrons. The minimum atomic E-state index is 0.476. The van der Waals surface area contributed by atoms with Crippen molar-refractivity contribution in [1.29, 1.82) is 0 Å². The van der Waals surface area contributed by atoms with Gasteiger partial charge in [0.05, 0.1) is 0 Å². The summed E-state index contributed by atoms with van der Waals surface area (Å²) in [6.45, 7) is 6.70. The fourth-order valence-electron chi connectivity index (χ4n) is 2.89. The molecule has 0 spiro atoms. The quantitative estimate of drug-likeness (QED) is 0.859. The summed E-state index contributed by atoms with van der Waals surface area (Å²) in [6.07, 6.45) is 10.7. The lowest BCUT2D eigenvalue weighted by Crippen LogP contribution is -2.33. The molecule has 1 N–H and O–H groups in total.